The van der Waals surface area contributed by atoms with E-state index in [4.69, 9.17) is 12.2 Å². The smallest absolute Gasteiger partial charge is 0.210 e. The maximum atomic E-state index is 10.7. The van der Waals surface area contributed by atoms with Crippen LogP contribution in [0.2, 0.25) is 0 Å². The molecule has 0 fully saturated rings. The van der Waals surface area contributed by atoms with Crippen molar-refractivity contribution in [3.63, 3.8) is 0 Å². The van der Waals surface area contributed by atoms with Crippen molar-refractivity contribution in [3.05, 3.63) is 74.1 Å². The molecule has 3 nitrogen and oxygen atoms in total. The van der Waals surface area contributed by atoms with Gasteiger partial charge in [0.15, 0.2) is 3.95 Å². The monoisotopic (exact) mass is 378 g/mol. The number of hydrogen-bond donors (Lipinski definition) is 1. The SMILES string of the molecule is CC1=Nc2ccc(C)cc2C1=Cc1sc(=S)n(Cc2ccccc2)c1O. The maximum Gasteiger partial charge on any atom is 0.210 e. The normalized spacial score (nSPS) is 14.5. The zero-order chi connectivity index (χ0) is 18.3. The molecule has 4 rings (SSSR count). The van der Waals surface area contributed by atoms with Gasteiger partial charge in [-0.1, -0.05) is 42.0 Å². The van der Waals surface area contributed by atoms with Crippen molar-refractivity contribution in [1.29, 1.82) is 0 Å². The van der Waals surface area contributed by atoms with Crippen molar-refractivity contribution in [1.82, 2.24) is 4.57 Å². The largest absolute Gasteiger partial charge is 0.493 e. The summed E-state index contributed by atoms with van der Waals surface area (Å²) in [5.74, 6) is 0.213. The molecule has 3 aromatic rings. The van der Waals surface area contributed by atoms with Gasteiger partial charge in [0.25, 0.3) is 0 Å². The third-order valence-electron chi connectivity index (χ3n) is 4.47. The number of aliphatic imine (C=N–C) groups is 1. The summed E-state index contributed by atoms with van der Waals surface area (Å²) >= 11 is 6.91. The second-order valence-corrected chi connectivity index (χ2v) is 8.08. The summed E-state index contributed by atoms with van der Waals surface area (Å²) in [5, 5.41) is 10.7. The molecule has 2 aromatic carbocycles. The van der Waals surface area contributed by atoms with E-state index in [1.54, 1.807) is 4.57 Å². The van der Waals surface area contributed by atoms with E-state index in [0.717, 1.165) is 33.0 Å². The molecule has 0 saturated heterocycles. The second-order valence-electron chi connectivity index (χ2n) is 6.40. The van der Waals surface area contributed by atoms with E-state index >= 15 is 0 Å². The average Bonchev–Trinajstić information content (AvgIpc) is 3.07. The number of fused-ring (bicyclic) bond motifs is 1. The molecule has 0 amide bonds. The van der Waals surface area contributed by atoms with Crippen LogP contribution in [-0.2, 0) is 6.54 Å². The first-order chi connectivity index (χ1) is 12.5. The third-order valence-corrected chi connectivity index (χ3v) is 5.86. The first-order valence-electron chi connectivity index (χ1n) is 8.38. The fourth-order valence-corrected chi connectivity index (χ4v) is 4.37. The van der Waals surface area contributed by atoms with Crippen molar-refractivity contribution < 1.29 is 5.11 Å². The van der Waals surface area contributed by atoms with Crippen LogP contribution in [0.25, 0.3) is 11.6 Å². The van der Waals surface area contributed by atoms with Gasteiger partial charge in [-0.2, -0.15) is 0 Å². The Bertz CT molecular complexity index is 1100. The second kappa shape index (κ2) is 6.67. The molecule has 5 heteroatoms. The van der Waals surface area contributed by atoms with E-state index in [1.165, 1.54) is 16.9 Å². The fourth-order valence-electron chi connectivity index (χ4n) is 3.13. The number of nitrogens with zero attached hydrogens (tertiary/aromatic N) is 2. The number of thiazole rings is 1. The molecule has 0 bridgehead atoms. The third kappa shape index (κ3) is 3.04. The molecule has 0 saturated carbocycles. The zero-order valence-corrected chi connectivity index (χ0v) is 16.2. The van der Waals surface area contributed by atoms with Crippen LogP contribution in [0.15, 0.2) is 53.5 Å². The Balaban J connectivity index is 1.76. The van der Waals surface area contributed by atoms with Gasteiger partial charge in [0, 0.05) is 16.8 Å². The van der Waals surface area contributed by atoms with Crippen LogP contribution < -0.4 is 0 Å². The lowest BCUT2D eigenvalue weighted by atomic mass is 10.0. The van der Waals surface area contributed by atoms with Gasteiger partial charge in [-0.15, -0.1) is 11.3 Å². The lowest BCUT2D eigenvalue weighted by Gasteiger charge is -2.05. The van der Waals surface area contributed by atoms with Gasteiger partial charge in [0.1, 0.15) is 0 Å². The lowest BCUT2D eigenvalue weighted by molar-refractivity contribution is 0.422. The topological polar surface area (TPSA) is 37.5 Å². The summed E-state index contributed by atoms with van der Waals surface area (Å²) in [5.41, 5.74) is 6.39. The Labute approximate surface area is 161 Å². The number of benzene rings is 2. The van der Waals surface area contributed by atoms with E-state index in [-0.39, 0.29) is 5.88 Å². The number of aryl methyl sites for hydroxylation is 1. The highest BCUT2D eigenvalue weighted by atomic mass is 32.1. The Morgan fingerprint density at radius 3 is 2.69 bits per heavy atom. The average molecular weight is 379 g/mol. The van der Waals surface area contributed by atoms with Crippen LogP contribution in [0.3, 0.4) is 0 Å². The van der Waals surface area contributed by atoms with E-state index < -0.39 is 0 Å². The molecule has 130 valence electrons. The minimum absolute atomic E-state index is 0.213. The highest BCUT2D eigenvalue weighted by Gasteiger charge is 2.19. The number of aromatic nitrogens is 1. The number of rotatable bonds is 3. The molecule has 0 spiro atoms. The minimum atomic E-state index is 0.213. The summed E-state index contributed by atoms with van der Waals surface area (Å²) in [7, 11) is 0. The Kier molecular flexibility index (Phi) is 4.34. The van der Waals surface area contributed by atoms with E-state index in [2.05, 4.69) is 24.0 Å². The lowest BCUT2D eigenvalue weighted by Crippen LogP contribution is -1.98. The number of allylic oxidation sites excluding steroid dienone is 1. The van der Waals surface area contributed by atoms with Crippen molar-refractivity contribution in [2.75, 3.05) is 0 Å². The van der Waals surface area contributed by atoms with Gasteiger partial charge >= 0.3 is 0 Å². The molecule has 0 aliphatic carbocycles. The van der Waals surface area contributed by atoms with Gasteiger partial charge in [-0.05, 0) is 49.8 Å². The maximum absolute atomic E-state index is 10.7. The van der Waals surface area contributed by atoms with Crippen LogP contribution in [0.5, 0.6) is 5.88 Å². The summed E-state index contributed by atoms with van der Waals surface area (Å²) in [6.45, 7) is 4.63. The summed E-state index contributed by atoms with van der Waals surface area (Å²) in [6, 6.07) is 16.3. The van der Waals surface area contributed by atoms with Gasteiger partial charge in [0.2, 0.25) is 5.88 Å². The van der Waals surface area contributed by atoms with Crippen LogP contribution in [0.4, 0.5) is 5.69 Å². The Hall–Kier alpha value is -2.50. The Morgan fingerprint density at radius 2 is 1.92 bits per heavy atom. The molecule has 26 heavy (non-hydrogen) atoms. The van der Waals surface area contributed by atoms with E-state index in [1.807, 2.05) is 49.4 Å². The summed E-state index contributed by atoms with van der Waals surface area (Å²) in [6.07, 6.45) is 2.00. The van der Waals surface area contributed by atoms with Gasteiger partial charge < -0.3 is 5.11 Å². The van der Waals surface area contributed by atoms with Crippen LogP contribution >= 0.6 is 23.6 Å². The van der Waals surface area contributed by atoms with Gasteiger partial charge in [0.05, 0.1) is 17.1 Å². The molecule has 2 heterocycles. The number of hydrogen-bond acceptors (Lipinski definition) is 4. The number of aromatic hydroxyl groups is 1. The predicted octanol–water partition coefficient (Wildman–Crippen LogP) is 5.99. The van der Waals surface area contributed by atoms with E-state index in [9.17, 15) is 5.11 Å². The molecule has 0 unspecified atom stereocenters. The minimum Gasteiger partial charge on any atom is -0.493 e. The standard InChI is InChI=1S/C21H18N2OS2/c1-13-8-9-18-17(10-13)16(14(2)22-18)11-19-20(24)23(21(25)26-19)12-15-6-4-3-5-7-15/h3-11,24H,12H2,1-2H3. The Morgan fingerprint density at radius 1 is 1.15 bits per heavy atom. The molecule has 0 radical (unpaired) electrons. The summed E-state index contributed by atoms with van der Waals surface area (Å²) < 4.78 is 2.44. The molecule has 1 aliphatic heterocycles. The van der Waals surface area contributed by atoms with Crippen LogP contribution in [0.1, 0.15) is 28.5 Å². The van der Waals surface area contributed by atoms with Crippen molar-refractivity contribution in [2.45, 2.75) is 20.4 Å². The molecule has 1 aromatic heterocycles. The predicted molar refractivity (Wildman–Crippen MR) is 112 cm³/mol. The quantitative estimate of drug-likeness (QED) is 0.569. The first-order valence-corrected chi connectivity index (χ1v) is 9.60. The summed E-state index contributed by atoms with van der Waals surface area (Å²) in [4.78, 5) is 5.40. The van der Waals surface area contributed by atoms with E-state index in [0.29, 0.717) is 10.5 Å². The highest BCUT2D eigenvalue weighted by molar-refractivity contribution is 7.73. The van der Waals surface area contributed by atoms with Crippen LogP contribution in [-0.4, -0.2) is 15.4 Å². The molecular weight excluding hydrogens is 360 g/mol. The molecular formula is C21H18N2OS2. The fraction of sp³-hybridized carbons (Fsp3) is 0.143. The first kappa shape index (κ1) is 16.9. The van der Waals surface area contributed by atoms with Gasteiger partial charge in [-0.25, -0.2) is 0 Å². The molecule has 1 aliphatic rings. The zero-order valence-electron chi connectivity index (χ0n) is 14.6. The molecule has 0 atom stereocenters. The molecule has 1 N–H and O–H groups in total. The van der Waals surface area contributed by atoms with Crippen molar-refractivity contribution in [3.8, 4) is 5.88 Å². The van der Waals surface area contributed by atoms with Gasteiger partial charge in [-0.3, -0.25) is 9.56 Å². The van der Waals surface area contributed by atoms with Crippen molar-refractivity contribution in [2.24, 2.45) is 4.99 Å². The highest BCUT2D eigenvalue weighted by Crippen LogP contribution is 2.39. The van der Waals surface area contributed by atoms with Crippen molar-refractivity contribution >= 4 is 46.6 Å². The van der Waals surface area contributed by atoms with Crippen LogP contribution in [0, 0.1) is 10.9 Å².